The number of rotatable bonds is 3. The molecule has 0 aliphatic carbocycles. The molecule has 95 valence electrons. The molecule has 0 saturated heterocycles. The molecule has 2 N–H and O–H groups in total. The predicted molar refractivity (Wildman–Crippen MR) is 69.2 cm³/mol. The van der Waals surface area contributed by atoms with Crippen LogP contribution in [0, 0.1) is 0 Å². The Bertz CT molecular complexity index is 527. The number of hydrogen-bond donors (Lipinski definition) is 2. The summed E-state index contributed by atoms with van der Waals surface area (Å²) in [6.07, 6.45) is 0. The minimum atomic E-state index is -3.45. The minimum absolute atomic E-state index is 0.859. The molecule has 0 bridgehead atoms. The van der Waals surface area contributed by atoms with Crippen LogP contribution in [0.1, 0.15) is 0 Å². The Morgan fingerprint density at radius 2 is 1.22 bits per heavy atom. The molecule has 0 aliphatic rings. The third-order valence-corrected chi connectivity index (χ3v) is 9.58. The first kappa shape index (κ1) is 14.2. The van der Waals surface area contributed by atoms with Gasteiger partial charge in [-0.1, -0.05) is 0 Å². The van der Waals surface area contributed by atoms with Gasteiger partial charge in [-0.3, -0.25) is 0 Å². The molecule has 2 aromatic carbocycles. The van der Waals surface area contributed by atoms with Gasteiger partial charge in [0.05, 0.1) is 0 Å². The van der Waals surface area contributed by atoms with Crippen LogP contribution in [0.2, 0.25) is 0 Å². The summed E-state index contributed by atoms with van der Waals surface area (Å²) in [5, 5.41) is 0. The van der Waals surface area contributed by atoms with E-state index < -0.39 is 16.8 Å². The Labute approximate surface area is 120 Å². The van der Waals surface area contributed by atoms with E-state index in [4.69, 9.17) is 3.18 Å². The van der Waals surface area contributed by atoms with Crippen LogP contribution in [0.4, 0.5) is 0 Å². The van der Waals surface area contributed by atoms with E-state index in [0.29, 0.717) is 0 Å². The number of benzene rings is 2. The van der Waals surface area contributed by atoms with E-state index in [0.717, 1.165) is 9.79 Å². The first-order chi connectivity index (χ1) is 8.65. The zero-order chi connectivity index (χ0) is 13.0. The summed E-state index contributed by atoms with van der Waals surface area (Å²) in [4.78, 5) is 22.0. The average molecular weight is 363 g/mol. The van der Waals surface area contributed by atoms with Gasteiger partial charge in [-0.2, -0.15) is 0 Å². The first-order valence-electron chi connectivity index (χ1n) is 5.16. The second-order valence-corrected chi connectivity index (χ2v) is 9.74. The van der Waals surface area contributed by atoms with Crippen molar-refractivity contribution in [2.45, 2.75) is 9.79 Å². The van der Waals surface area contributed by atoms with Crippen LogP contribution in [-0.4, -0.2) is 9.79 Å². The molecule has 0 fully saturated rings. The third-order valence-electron chi connectivity index (χ3n) is 2.27. The zero-order valence-electron chi connectivity index (χ0n) is 9.34. The van der Waals surface area contributed by atoms with Gasteiger partial charge in [-0.25, -0.2) is 0 Å². The molecule has 2 aromatic rings. The van der Waals surface area contributed by atoms with Crippen molar-refractivity contribution in [3.63, 3.8) is 0 Å². The summed E-state index contributed by atoms with van der Waals surface area (Å²) in [6.45, 7) is -3.45. The monoisotopic (exact) mass is 365 g/mol. The molecule has 0 unspecified atom stereocenters. The average Bonchev–Trinajstić information content (AvgIpc) is 2.41. The van der Waals surface area contributed by atoms with Crippen molar-refractivity contribution in [2.75, 3.05) is 0 Å². The van der Waals surface area contributed by atoms with E-state index in [1.165, 1.54) is 20.2 Å². The van der Waals surface area contributed by atoms with Crippen molar-refractivity contribution < 1.29 is 33.2 Å². The van der Waals surface area contributed by atoms with E-state index in [1.807, 2.05) is 60.7 Å². The van der Waals surface area contributed by atoms with Crippen molar-refractivity contribution in [1.82, 2.24) is 0 Å². The van der Waals surface area contributed by atoms with Gasteiger partial charge in [0.1, 0.15) is 0 Å². The van der Waals surface area contributed by atoms with E-state index in [9.17, 15) is 9.79 Å². The summed E-state index contributed by atoms with van der Waals surface area (Å²) in [7, 11) is -0.859. The van der Waals surface area contributed by atoms with Crippen molar-refractivity contribution in [2.24, 2.45) is 0 Å². The Kier molecular flexibility index (Phi) is 4.97. The fourth-order valence-electron chi connectivity index (χ4n) is 1.54. The molecule has 0 amide bonds. The molecule has 0 spiro atoms. The second kappa shape index (κ2) is 6.29. The SMILES string of the molecule is OP(O)([O][Mo])=S(c1ccccc1)c1ccccc1. The normalized spacial score (nSPS) is 11.7. The van der Waals surface area contributed by atoms with Crippen molar-refractivity contribution >= 4 is 16.8 Å². The van der Waals surface area contributed by atoms with Gasteiger partial charge in [-0.05, 0) is 0 Å². The van der Waals surface area contributed by atoms with E-state index in [2.05, 4.69) is 0 Å². The molecule has 0 atom stereocenters. The Morgan fingerprint density at radius 1 is 0.833 bits per heavy atom. The van der Waals surface area contributed by atoms with Gasteiger partial charge in [0.25, 0.3) is 0 Å². The number of hydrogen-bond acceptors (Lipinski definition) is 1. The third kappa shape index (κ3) is 3.21. The molecule has 0 heterocycles. The van der Waals surface area contributed by atoms with Gasteiger partial charge in [0.2, 0.25) is 0 Å². The van der Waals surface area contributed by atoms with Crippen LogP contribution in [0.25, 0.3) is 0 Å². The summed E-state index contributed by atoms with van der Waals surface area (Å²) in [5.41, 5.74) is 0. The van der Waals surface area contributed by atoms with Crippen LogP contribution in [0.5, 0.6) is 0 Å². The summed E-state index contributed by atoms with van der Waals surface area (Å²) < 4.78 is 4.95. The quantitative estimate of drug-likeness (QED) is 0.651. The van der Waals surface area contributed by atoms with E-state index in [1.54, 1.807) is 0 Å². The van der Waals surface area contributed by atoms with Crippen molar-refractivity contribution in [3.05, 3.63) is 60.7 Å². The molecule has 0 aromatic heterocycles. The van der Waals surface area contributed by atoms with E-state index in [-0.39, 0.29) is 0 Å². The summed E-state index contributed by atoms with van der Waals surface area (Å²) in [5.74, 6) is 0. The molecular formula is C12H12MoO3PS. The van der Waals surface area contributed by atoms with Gasteiger partial charge in [-0.15, -0.1) is 0 Å². The standard InChI is InChI=1S/C12H12O3PS.Mo/c13-16(14,15)17(11-7-3-1-4-8-11)12-9-5-2-6-10-12;/h1-10H,(H2-,13,14,15);/q-1;+1. The molecule has 0 aliphatic heterocycles. The molecule has 0 saturated carbocycles. The van der Waals surface area contributed by atoms with Crippen LogP contribution < -0.4 is 0 Å². The fourth-order valence-corrected chi connectivity index (χ4v) is 7.16. The first-order valence-corrected chi connectivity index (χ1v) is 9.42. The summed E-state index contributed by atoms with van der Waals surface area (Å²) >= 11 is 1.26. The van der Waals surface area contributed by atoms with Crippen LogP contribution in [0.3, 0.4) is 0 Å². The molecule has 6 heteroatoms. The maximum absolute atomic E-state index is 10.1. The van der Waals surface area contributed by atoms with Gasteiger partial charge < -0.3 is 0 Å². The Morgan fingerprint density at radius 3 is 1.56 bits per heavy atom. The maximum atomic E-state index is 10.1. The van der Waals surface area contributed by atoms with Crippen LogP contribution in [0.15, 0.2) is 70.5 Å². The molecule has 18 heavy (non-hydrogen) atoms. The second-order valence-electron chi connectivity index (χ2n) is 3.48. The van der Waals surface area contributed by atoms with Crippen LogP contribution in [-0.2, 0) is 33.4 Å². The summed E-state index contributed by atoms with van der Waals surface area (Å²) in [6, 6.07) is 18.9. The molecule has 2 rings (SSSR count). The van der Waals surface area contributed by atoms with Crippen molar-refractivity contribution in [1.29, 1.82) is 0 Å². The molecular weight excluding hydrogens is 351 g/mol. The Hall–Kier alpha value is -0.212. The molecule has 3 nitrogen and oxygen atoms in total. The van der Waals surface area contributed by atoms with E-state index >= 15 is 0 Å². The Balaban J connectivity index is 2.68. The van der Waals surface area contributed by atoms with Crippen molar-refractivity contribution in [3.8, 4) is 0 Å². The zero-order valence-corrected chi connectivity index (χ0v) is 13.1. The predicted octanol–water partition coefficient (Wildman–Crippen LogP) is 2.86. The van der Waals surface area contributed by atoms with Gasteiger partial charge >= 0.3 is 120 Å². The van der Waals surface area contributed by atoms with Gasteiger partial charge in [0.15, 0.2) is 0 Å². The molecule has 0 radical (unpaired) electrons. The topological polar surface area (TPSA) is 49.7 Å². The van der Waals surface area contributed by atoms with Gasteiger partial charge in [0, 0.05) is 0 Å². The fraction of sp³-hybridized carbons (Fsp3) is 0. The van der Waals surface area contributed by atoms with Crippen LogP contribution >= 0.6 is 6.72 Å².